The van der Waals surface area contributed by atoms with E-state index in [2.05, 4.69) is 5.32 Å². The lowest BCUT2D eigenvalue weighted by atomic mass is 9.57. The molecule has 36 heavy (non-hydrogen) atoms. The molecule has 2 saturated carbocycles. The maximum Gasteiger partial charge on any atom is 0.334 e. The van der Waals surface area contributed by atoms with Crippen LogP contribution in [-0.2, 0) is 19.1 Å². The van der Waals surface area contributed by atoms with Crippen LogP contribution >= 0.6 is 0 Å². The number of unbranched alkanes of at least 4 members (excludes halogenated alkanes) is 1. The van der Waals surface area contributed by atoms with Gasteiger partial charge in [0.2, 0.25) is 0 Å². The minimum absolute atomic E-state index is 0.0216. The molecular weight excluding hydrogens is 468 g/mol. The smallest absolute Gasteiger partial charge is 0.334 e. The lowest BCUT2D eigenvalue weighted by molar-refractivity contribution is -0.139. The second kappa shape index (κ2) is 9.38. The van der Waals surface area contributed by atoms with Crippen LogP contribution in [0.2, 0.25) is 0 Å². The normalized spacial score (nSPS) is 32.9. The Kier molecular flexibility index (Phi) is 6.76. The molecule has 0 radical (unpaired) electrons. The highest BCUT2D eigenvalue weighted by Crippen LogP contribution is 2.55. The van der Waals surface area contributed by atoms with Gasteiger partial charge in [0.15, 0.2) is 0 Å². The summed E-state index contributed by atoms with van der Waals surface area (Å²) in [4.78, 5) is 67.9. The van der Waals surface area contributed by atoms with Gasteiger partial charge in [0.05, 0.1) is 6.61 Å². The first-order valence-corrected chi connectivity index (χ1v) is 12.6. The summed E-state index contributed by atoms with van der Waals surface area (Å²) in [6.45, 7) is 3.97. The molecule has 7 amide bonds. The summed E-state index contributed by atoms with van der Waals surface area (Å²) in [5.41, 5.74) is 9.94. The van der Waals surface area contributed by atoms with Gasteiger partial charge >= 0.3 is 12.1 Å². The number of ether oxygens (including phenoxy) is 1. The van der Waals surface area contributed by atoms with Crippen molar-refractivity contribution in [1.82, 2.24) is 20.0 Å². The molecule has 2 saturated heterocycles. The van der Waals surface area contributed by atoms with Gasteiger partial charge in [-0.3, -0.25) is 29.5 Å². The maximum atomic E-state index is 13.2. The van der Waals surface area contributed by atoms with E-state index in [-0.39, 0.29) is 48.0 Å². The predicted octanol–water partition coefficient (Wildman–Crippen LogP) is 0.755. The zero-order valence-corrected chi connectivity index (χ0v) is 21.2. The summed E-state index contributed by atoms with van der Waals surface area (Å²) in [6, 6.07) is -1.46. The fourth-order valence-electron chi connectivity index (χ4n) is 6.35. The van der Waals surface area contributed by atoms with Crippen LogP contribution in [0.15, 0.2) is 11.4 Å². The van der Waals surface area contributed by atoms with Gasteiger partial charge in [-0.05, 0) is 57.3 Å². The lowest BCUT2D eigenvalue weighted by Crippen LogP contribution is -2.63. The van der Waals surface area contributed by atoms with Crippen LogP contribution in [0.1, 0.15) is 65.2 Å². The molecule has 1 atom stereocenters. The Morgan fingerprint density at radius 2 is 1.69 bits per heavy atom. The fraction of sp³-hybridized carbons (Fsp3) is 0.708. The number of nitrogens with one attached hydrogen (secondary N) is 1. The number of carbonyl (C=O) groups is 5. The fourth-order valence-corrected chi connectivity index (χ4v) is 6.35. The van der Waals surface area contributed by atoms with Crippen molar-refractivity contribution in [1.29, 1.82) is 0 Å². The zero-order valence-electron chi connectivity index (χ0n) is 21.2. The first-order chi connectivity index (χ1) is 17.0. The molecule has 4 rings (SSSR count). The predicted molar refractivity (Wildman–Crippen MR) is 128 cm³/mol. The topological polar surface area (TPSA) is 168 Å². The van der Waals surface area contributed by atoms with Gasteiger partial charge < -0.3 is 21.1 Å². The summed E-state index contributed by atoms with van der Waals surface area (Å²) in [5.74, 6) is -2.20. The molecule has 0 aromatic rings. The summed E-state index contributed by atoms with van der Waals surface area (Å²) >= 11 is 0. The van der Waals surface area contributed by atoms with Gasteiger partial charge in [-0.1, -0.05) is 13.3 Å². The van der Waals surface area contributed by atoms with Crippen LogP contribution in [0, 0.1) is 5.41 Å². The zero-order chi connectivity index (χ0) is 26.4. The number of urea groups is 2. The van der Waals surface area contributed by atoms with E-state index >= 15 is 0 Å². The SMILES string of the molecule is CCCCN1C(=O)C(=C(N)N)C(=O)N(C2CCC3(CC2)CC(N2C(=O)NC(=O)[C@]2(C)COC)C3)C1=O. The van der Waals surface area contributed by atoms with E-state index in [0.717, 1.165) is 41.9 Å². The summed E-state index contributed by atoms with van der Waals surface area (Å²) < 4.78 is 5.23. The average molecular weight is 505 g/mol. The van der Waals surface area contributed by atoms with E-state index in [9.17, 15) is 24.0 Å². The number of rotatable bonds is 7. The van der Waals surface area contributed by atoms with Crippen molar-refractivity contribution in [2.24, 2.45) is 16.9 Å². The lowest BCUT2D eigenvalue weighted by Gasteiger charge is -2.56. The van der Waals surface area contributed by atoms with Crippen LogP contribution in [0.3, 0.4) is 0 Å². The van der Waals surface area contributed by atoms with Crippen molar-refractivity contribution < 1.29 is 28.7 Å². The quantitative estimate of drug-likeness (QED) is 0.259. The first-order valence-electron chi connectivity index (χ1n) is 12.6. The number of barbiturate groups is 1. The van der Waals surface area contributed by atoms with Crippen molar-refractivity contribution in [3.8, 4) is 0 Å². The van der Waals surface area contributed by atoms with Crippen LogP contribution in [0.5, 0.6) is 0 Å². The Bertz CT molecular complexity index is 1010. The number of hydrogen-bond donors (Lipinski definition) is 3. The molecule has 0 bridgehead atoms. The van der Waals surface area contributed by atoms with Crippen molar-refractivity contribution in [2.45, 2.75) is 82.8 Å². The first kappa shape index (κ1) is 25.9. The van der Waals surface area contributed by atoms with E-state index < -0.39 is 29.4 Å². The van der Waals surface area contributed by atoms with Gasteiger partial charge in [0.25, 0.3) is 17.7 Å². The Labute approximate surface area is 210 Å². The Morgan fingerprint density at radius 1 is 1.06 bits per heavy atom. The summed E-state index contributed by atoms with van der Waals surface area (Å²) in [7, 11) is 1.50. The van der Waals surface area contributed by atoms with Crippen molar-refractivity contribution in [2.75, 3.05) is 20.3 Å². The molecule has 5 N–H and O–H groups in total. The third-order valence-electron chi connectivity index (χ3n) is 8.32. The molecule has 12 heteroatoms. The highest BCUT2D eigenvalue weighted by molar-refractivity contribution is 6.29. The Morgan fingerprint density at radius 3 is 2.25 bits per heavy atom. The molecule has 2 heterocycles. The van der Waals surface area contributed by atoms with Crippen LogP contribution < -0.4 is 16.8 Å². The van der Waals surface area contributed by atoms with Crippen LogP contribution in [-0.4, -0.2) is 82.4 Å². The molecule has 12 nitrogen and oxygen atoms in total. The molecule has 0 aromatic heterocycles. The number of methoxy groups -OCH3 is 1. The number of hydrogen-bond acceptors (Lipinski definition) is 8. The van der Waals surface area contributed by atoms with Gasteiger partial charge in [0, 0.05) is 25.7 Å². The van der Waals surface area contributed by atoms with Gasteiger partial charge in [0.1, 0.15) is 16.9 Å². The standard InChI is InChI=1S/C24H36N6O6/c1-4-5-10-28-18(31)16(17(25)26)19(32)29(22(28)35)14-6-8-24(9-7-14)11-15(12-24)30-21(34)27-20(33)23(30,2)13-36-3/h14-15H,4-13,25-26H2,1-3H3,(H,27,33,34)/t14?,15?,23-,24?/m0/s1. The molecule has 4 aliphatic rings. The molecule has 0 unspecified atom stereocenters. The molecule has 1 spiro atoms. The van der Waals surface area contributed by atoms with E-state index in [4.69, 9.17) is 16.2 Å². The molecule has 198 valence electrons. The largest absolute Gasteiger partial charge is 0.385 e. The minimum atomic E-state index is -1.04. The highest BCUT2D eigenvalue weighted by atomic mass is 16.5. The van der Waals surface area contributed by atoms with Crippen molar-refractivity contribution in [3.05, 3.63) is 11.4 Å². The minimum Gasteiger partial charge on any atom is -0.385 e. The van der Waals surface area contributed by atoms with Gasteiger partial charge in [-0.15, -0.1) is 0 Å². The van der Waals surface area contributed by atoms with E-state index in [0.29, 0.717) is 19.3 Å². The monoisotopic (exact) mass is 504 g/mol. The van der Waals surface area contributed by atoms with Crippen LogP contribution in [0.25, 0.3) is 0 Å². The van der Waals surface area contributed by atoms with E-state index in [1.165, 1.54) is 7.11 Å². The van der Waals surface area contributed by atoms with Gasteiger partial charge in [-0.2, -0.15) is 0 Å². The van der Waals surface area contributed by atoms with Crippen molar-refractivity contribution in [3.63, 3.8) is 0 Å². The number of amides is 7. The number of nitrogens with zero attached hydrogens (tertiary/aromatic N) is 3. The summed E-state index contributed by atoms with van der Waals surface area (Å²) in [6.07, 6.45) is 5.55. The molecule has 0 aromatic carbocycles. The molecule has 2 aliphatic heterocycles. The molecule has 2 aliphatic carbocycles. The van der Waals surface area contributed by atoms with Crippen LogP contribution in [0.4, 0.5) is 9.59 Å². The number of imide groups is 3. The maximum absolute atomic E-state index is 13.2. The van der Waals surface area contributed by atoms with Crippen molar-refractivity contribution >= 4 is 29.8 Å². The van der Waals surface area contributed by atoms with E-state index in [1.54, 1.807) is 11.8 Å². The molecular formula is C24H36N6O6. The Balaban J connectivity index is 1.44. The second-order valence-electron chi connectivity index (χ2n) is 10.7. The van der Waals surface area contributed by atoms with Gasteiger partial charge in [-0.25, -0.2) is 9.59 Å². The summed E-state index contributed by atoms with van der Waals surface area (Å²) in [5, 5.41) is 2.41. The number of carbonyl (C=O) groups excluding carboxylic acids is 5. The molecule has 4 fully saturated rings. The Hall–Kier alpha value is -3.15. The number of nitrogens with two attached hydrogens (primary N) is 2. The second-order valence-corrected chi connectivity index (χ2v) is 10.7. The van der Waals surface area contributed by atoms with E-state index in [1.807, 2.05) is 6.92 Å². The third-order valence-corrected chi connectivity index (χ3v) is 8.32. The third kappa shape index (κ3) is 4.00. The average Bonchev–Trinajstić information content (AvgIpc) is 3.00. The highest BCUT2D eigenvalue weighted by Gasteiger charge is 2.59.